The van der Waals surface area contributed by atoms with Crippen LogP contribution in [-0.4, -0.2) is 50.4 Å². The standard InChI is InChI=1S/C13H28N2O2Si/c1-13(2,3)18(4,5)17-11-12(16)10-14-15-8-6-7-9-15/h10,12,16H,6-9,11H2,1-5H3/b14-10+. The Morgan fingerprint density at radius 3 is 2.39 bits per heavy atom. The fourth-order valence-corrected chi connectivity index (χ4v) is 2.56. The summed E-state index contributed by atoms with van der Waals surface area (Å²) in [6, 6.07) is 0. The lowest BCUT2D eigenvalue weighted by atomic mass is 10.2. The molecule has 0 radical (unpaired) electrons. The molecule has 0 aliphatic carbocycles. The smallest absolute Gasteiger partial charge is 0.192 e. The normalized spacial score (nSPS) is 19.8. The van der Waals surface area contributed by atoms with Crippen molar-refractivity contribution in [1.82, 2.24) is 5.01 Å². The highest BCUT2D eigenvalue weighted by molar-refractivity contribution is 6.74. The fraction of sp³-hybridized carbons (Fsp3) is 0.923. The maximum absolute atomic E-state index is 9.86. The molecule has 0 aromatic carbocycles. The molecular weight excluding hydrogens is 244 g/mol. The SMILES string of the molecule is CC(C)(C)[Si](C)(C)OCC(O)/C=N/N1CCCC1. The molecule has 5 heteroatoms. The van der Waals surface area contributed by atoms with Crippen LogP contribution in [0.15, 0.2) is 5.10 Å². The number of hydrogen-bond donors (Lipinski definition) is 1. The van der Waals surface area contributed by atoms with Crippen molar-refractivity contribution in [3.05, 3.63) is 0 Å². The quantitative estimate of drug-likeness (QED) is 0.617. The van der Waals surface area contributed by atoms with Crippen molar-refractivity contribution in [2.24, 2.45) is 5.10 Å². The Morgan fingerprint density at radius 1 is 1.33 bits per heavy atom. The minimum absolute atomic E-state index is 0.179. The molecule has 0 aromatic rings. The van der Waals surface area contributed by atoms with Crippen molar-refractivity contribution in [2.45, 2.75) is 57.8 Å². The summed E-state index contributed by atoms with van der Waals surface area (Å²) in [4.78, 5) is 0. The average molecular weight is 272 g/mol. The predicted octanol–water partition coefficient (Wildman–Crippen LogP) is 2.45. The maximum atomic E-state index is 9.86. The van der Waals surface area contributed by atoms with Crippen LogP contribution in [0.25, 0.3) is 0 Å². The Kier molecular flexibility index (Phi) is 5.37. The zero-order valence-electron chi connectivity index (χ0n) is 12.4. The third kappa shape index (κ3) is 4.70. The first-order chi connectivity index (χ1) is 8.22. The summed E-state index contributed by atoms with van der Waals surface area (Å²) in [5.74, 6) is 0. The third-order valence-electron chi connectivity index (χ3n) is 3.91. The van der Waals surface area contributed by atoms with Crippen molar-refractivity contribution in [3.8, 4) is 0 Å². The van der Waals surface area contributed by atoms with Gasteiger partial charge in [0.1, 0.15) is 6.10 Å². The van der Waals surface area contributed by atoms with E-state index in [0.29, 0.717) is 6.61 Å². The maximum Gasteiger partial charge on any atom is 0.192 e. The zero-order chi connectivity index (χ0) is 13.8. The average Bonchev–Trinajstić information content (AvgIpc) is 2.74. The van der Waals surface area contributed by atoms with Crippen LogP contribution < -0.4 is 0 Å². The van der Waals surface area contributed by atoms with Crippen molar-refractivity contribution >= 4 is 14.5 Å². The third-order valence-corrected chi connectivity index (χ3v) is 8.41. The van der Waals surface area contributed by atoms with Gasteiger partial charge in [-0.3, -0.25) is 5.01 Å². The summed E-state index contributed by atoms with van der Waals surface area (Å²) in [7, 11) is -1.76. The molecule has 0 aromatic heterocycles. The number of hydrazone groups is 1. The predicted molar refractivity (Wildman–Crippen MR) is 78.5 cm³/mol. The van der Waals surface area contributed by atoms with Crippen LogP contribution in [0.1, 0.15) is 33.6 Å². The lowest BCUT2D eigenvalue weighted by molar-refractivity contribution is 0.150. The van der Waals surface area contributed by atoms with Crippen LogP contribution in [-0.2, 0) is 4.43 Å². The molecule has 1 saturated heterocycles. The van der Waals surface area contributed by atoms with E-state index in [1.54, 1.807) is 6.21 Å². The monoisotopic (exact) mass is 272 g/mol. The number of nitrogens with zero attached hydrogens (tertiary/aromatic N) is 2. The Hall–Kier alpha value is -0.393. The van der Waals surface area contributed by atoms with Gasteiger partial charge in [-0.05, 0) is 31.0 Å². The molecule has 1 heterocycles. The van der Waals surface area contributed by atoms with Gasteiger partial charge in [0.15, 0.2) is 8.32 Å². The van der Waals surface area contributed by atoms with E-state index in [4.69, 9.17) is 4.43 Å². The summed E-state index contributed by atoms with van der Waals surface area (Å²) in [5.41, 5.74) is 0. The van der Waals surface area contributed by atoms with Gasteiger partial charge in [-0.15, -0.1) is 0 Å². The van der Waals surface area contributed by atoms with Gasteiger partial charge in [0.05, 0.1) is 12.8 Å². The molecule has 106 valence electrons. The fourth-order valence-electron chi connectivity index (χ4n) is 1.54. The van der Waals surface area contributed by atoms with Crippen molar-refractivity contribution < 1.29 is 9.53 Å². The molecular formula is C13H28N2O2Si. The van der Waals surface area contributed by atoms with Crippen molar-refractivity contribution in [1.29, 1.82) is 0 Å². The van der Waals surface area contributed by atoms with E-state index in [9.17, 15) is 5.11 Å². The number of hydrogen-bond acceptors (Lipinski definition) is 4. The van der Waals surface area contributed by atoms with Crippen LogP contribution in [0, 0.1) is 0 Å². The highest BCUT2D eigenvalue weighted by Gasteiger charge is 2.37. The first kappa shape index (κ1) is 15.7. The van der Waals surface area contributed by atoms with Crippen LogP contribution in [0.2, 0.25) is 18.1 Å². The molecule has 4 nitrogen and oxygen atoms in total. The Balaban J connectivity index is 2.34. The molecule has 1 aliphatic rings. The first-order valence-electron chi connectivity index (χ1n) is 6.83. The zero-order valence-corrected chi connectivity index (χ0v) is 13.4. The molecule has 1 rings (SSSR count). The van der Waals surface area contributed by atoms with E-state index < -0.39 is 14.4 Å². The van der Waals surface area contributed by atoms with Gasteiger partial charge in [-0.2, -0.15) is 5.10 Å². The Bertz CT molecular complexity index is 281. The van der Waals surface area contributed by atoms with Crippen LogP contribution >= 0.6 is 0 Å². The van der Waals surface area contributed by atoms with Gasteiger partial charge in [0.2, 0.25) is 0 Å². The number of rotatable bonds is 5. The lowest BCUT2D eigenvalue weighted by Crippen LogP contribution is -2.42. The van der Waals surface area contributed by atoms with Crippen LogP contribution in [0.3, 0.4) is 0 Å². The summed E-state index contributed by atoms with van der Waals surface area (Å²) < 4.78 is 5.95. The van der Waals surface area contributed by atoms with Crippen LogP contribution in [0.5, 0.6) is 0 Å². The van der Waals surface area contributed by atoms with E-state index >= 15 is 0 Å². The molecule has 1 atom stereocenters. The topological polar surface area (TPSA) is 45.1 Å². The second-order valence-corrected chi connectivity index (χ2v) is 11.4. The van der Waals surface area contributed by atoms with E-state index in [0.717, 1.165) is 13.1 Å². The summed E-state index contributed by atoms with van der Waals surface area (Å²) >= 11 is 0. The van der Waals surface area contributed by atoms with Crippen molar-refractivity contribution in [2.75, 3.05) is 19.7 Å². The van der Waals surface area contributed by atoms with Crippen molar-refractivity contribution in [3.63, 3.8) is 0 Å². The lowest BCUT2D eigenvalue weighted by Gasteiger charge is -2.36. The molecule has 1 unspecified atom stereocenters. The highest BCUT2D eigenvalue weighted by atomic mass is 28.4. The molecule has 0 spiro atoms. The van der Waals surface area contributed by atoms with Gasteiger partial charge in [0, 0.05) is 13.1 Å². The minimum Gasteiger partial charge on any atom is -0.414 e. The molecule has 1 aliphatic heterocycles. The van der Waals surface area contributed by atoms with Gasteiger partial charge in [0.25, 0.3) is 0 Å². The van der Waals surface area contributed by atoms with Gasteiger partial charge >= 0.3 is 0 Å². The Morgan fingerprint density at radius 2 is 1.89 bits per heavy atom. The van der Waals surface area contributed by atoms with Gasteiger partial charge in [-0.25, -0.2) is 0 Å². The molecule has 0 amide bonds. The molecule has 0 bridgehead atoms. The molecule has 1 N–H and O–H groups in total. The molecule has 1 fully saturated rings. The van der Waals surface area contributed by atoms with Crippen LogP contribution in [0.4, 0.5) is 0 Å². The molecule has 18 heavy (non-hydrogen) atoms. The number of aliphatic hydroxyl groups excluding tert-OH is 1. The van der Waals surface area contributed by atoms with E-state index in [2.05, 4.69) is 39.0 Å². The first-order valence-corrected chi connectivity index (χ1v) is 9.74. The van der Waals surface area contributed by atoms with Gasteiger partial charge in [-0.1, -0.05) is 20.8 Å². The summed E-state index contributed by atoms with van der Waals surface area (Å²) in [6.45, 7) is 13.3. The van der Waals surface area contributed by atoms with E-state index in [1.807, 2.05) is 5.01 Å². The van der Waals surface area contributed by atoms with E-state index in [1.165, 1.54) is 12.8 Å². The number of aliphatic hydroxyl groups is 1. The largest absolute Gasteiger partial charge is 0.414 e. The van der Waals surface area contributed by atoms with E-state index in [-0.39, 0.29) is 5.04 Å². The highest BCUT2D eigenvalue weighted by Crippen LogP contribution is 2.36. The molecule has 0 saturated carbocycles. The summed E-state index contributed by atoms with van der Waals surface area (Å²) in [5, 5.41) is 16.3. The second-order valence-electron chi connectivity index (χ2n) is 6.56. The van der Waals surface area contributed by atoms with Gasteiger partial charge < -0.3 is 9.53 Å². The second kappa shape index (κ2) is 6.17. The minimum atomic E-state index is -1.76. The Labute approximate surface area is 112 Å². The summed E-state index contributed by atoms with van der Waals surface area (Å²) in [6.07, 6.45) is 3.42.